The topological polar surface area (TPSA) is 152 Å². The molecule has 0 radical (unpaired) electrons. The number of alkyl halides is 3. The second-order valence-electron chi connectivity index (χ2n) is 7.36. The van der Waals surface area contributed by atoms with Gasteiger partial charge in [-0.2, -0.15) is 18.2 Å². The molecule has 5 N–H and O–H groups in total. The van der Waals surface area contributed by atoms with Crippen molar-refractivity contribution in [2.75, 3.05) is 21.1 Å². The number of hydrogen-bond acceptors (Lipinski definition) is 8. The molecule has 0 aliphatic heterocycles. The summed E-state index contributed by atoms with van der Waals surface area (Å²) in [7, 11) is -3.63. The molecule has 0 saturated carbocycles. The standard InChI is InChI=1S/C21H22F3N7O3S/c1-3-35(33,34)31-17-8-12(2)26-9-14(17)10-27-19-16(21(22,23)24)11-28-20(30-19)29-15-6-4-13(5-7-15)18(25)32/h4-9,11H,3,10H2,1-2H3,(H2,25,32)(H,26,31)(H2,27,28,29,30). The fourth-order valence-corrected chi connectivity index (χ4v) is 3.54. The quantitative estimate of drug-likeness (QED) is 0.342. The molecule has 0 fully saturated rings. The first-order chi connectivity index (χ1) is 16.4. The molecule has 14 heteroatoms. The largest absolute Gasteiger partial charge is 0.421 e. The van der Waals surface area contributed by atoms with Gasteiger partial charge in [-0.05, 0) is 44.2 Å². The number of aryl methyl sites for hydroxylation is 1. The number of benzene rings is 1. The summed E-state index contributed by atoms with van der Waals surface area (Å²) < 4.78 is 67.1. The molecule has 2 aromatic heterocycles. The molecular weight excluding hydrogens is 487 g/mol. The van der Waals surface area contributed by atoms with E-state index in [-0.39, 0.29) is 29.5 Å². The summed E-state index contributed by atoms with van der Waals surface area (Å²) in [6.07, 6.45) is -2.75. The van der Waals surface area contributed by atoms with Crippen LogP contribution in [0, 0.1) is 6.92 Å². The minimum atomic E-state index is -4.75. The van der Waals surface area contributed by atoms with Crippen LogP contribution in [0.3, 0.4) is 0 Å². The molecule has 0 bridgehead atoms. The highest BCUT2D eigenvalue weighted by atomic mass is 32.2. The first-order valence-electron chi connectivity index (χ1n) is 10.2. The number of pyridine rings is 1. The summed E-state index contributed by atoms with van der Waals surface area (Å²) in [5, 5.41) is 5.36. The number of carbonyl (C=O) groups excluding carboxylic acids is 1. The lowest BCUT2D eigenvalue weighted by Gasteiger charge is -2.17. The molecule has 0 atom stereocenters. The molecule has 0 unspecified atom stereocenters. The Labute approximate surface area is 199 Å². The van der Waals surface area contributed by atoms with Crippen LogP contribution >= 0.6 is 0 Å². The first-order valence-corrected chi connectivity index (χ1v) is 11.8. The van der Waals surface area contributed by atoms with E-state index in [9.17, 15) is 26.4 Å². The highest BCUT2D eigenvalue weighted by Gasteiger charge is 2.35. The van der Waals surface area contributed by atoms with Gasteiger partial charge in [0.1, 0.15) is 11.4 Å². The van der Waals surface area contributed by atoms with Crippen molar-refractivity contribution in [1.29, 1.82) is 0 Å². The maximum Gasteiger partial charge on any atom is 0.421 e. The van der Waals surface area contributed by atoms with Crippen LogP contribution in [0.2, 0.25) is 0 Å². The van der Waals surface area contributed by atoms with Crippen LogP contribution in [0.15, 0.2) is 42.7 Å². The molecule has 0 aliphatic carbocycles. The Morgan fingerprint density at radius 1 is 1.11 bits per heavy atom. The molecule has 1 amide bonds. The molecule has 3 rings (SSSR count). The Kier molecular flexibility index (Phi) is 7.43. The molecule has 0 spiro atoms. The summed E-state index contributed by atoms with van der Waals surface area (Å²) >= 11 is 0. The second-order valence-corrected chi connectivity index (χ2v) is 9.37. The van der Waals surface area contributed by atoms with E-state index in [0.717, 1.165) is 0 Å². The predicted molar refractivity (Wildman–Crippen MR) is 125 cm³/mol. The van der Waals surface area contributed by atoms with E-state index in [1.54, 1.807) is 6.92 Å². The van der Waals surface area contributed by atoms with E-state index in [2.05, 4.69) is 30.3 Å². The number of carbonyl (C=O) groups is 1. The van der Waals surface area contributed by atoms with E-state index in [1.807, 2.05) is 0 Å². The number of amides is 1. The van der Waals surface area contributed by atoms with E-state index in [4.69, 9.17) is 5.73 Å². The Hall–Kier alpha value is -3.94. The SMILES string of the molecule is CCS(=O)(=O)Nc1cc(C)ncc1CNc1nc(Nc2ccc(C(N)=O)cc2)ncc1C(F)(F)F. The van der Waals surface area contributed by atoms with E-state index < -0.39 is 33.5 Å². The van der Waals surface area contributed by atoms with Crippen molar-refractivity contribution in [2.45, 2.75) is 26.6 Å². The van der Waals surface area contributed by atoms with Crippen molar-refractivity contribution < 1.29 is 26.4 Å². The Morgan fingerprint density at radius 3 is 2.40 bits per heavy atom. The number of rotatable bonds is 9. The molecule has 1 aromatic carbocycles. The van der Waals surface area contributed by atoms with Crippen LogP contribution in [0.25, 0.3) is 0 Å². The summed E-state index contributed by atoms with van der Waals surface area (Å²) in [6, 6.07) is 7.36. The van der Waals surface area contributed by atoms with Crippen LogP contribution in [0.5, 0.6) is 0 Å². The van der Waals surface area contributed by atoms with Crippen LogP contribution < -0.4 is 21.1 Å². The number of nitrogens with zero attached hydrogens (tertiary/aromatic N) is 3. The Morgan fingerprint density at radius 2 is 1.80 bits per heavy atom. The van der Waals surface area contributed by atoms with Crippen LogP contribution in [-0.2, 0) is 22.7 Å². The average molecular weight is 510 g/mol. The van der Waals surface area contributed by atoms with Gasteiger partial charge in [0.05, 0.1) is 11.4 Å². The lowest BCUT2D eigenvalue weighted by Crippen LogP contribution is -2.18. The van der Waals surface area contributed by atoms with Crippen LogP contribution in [0.1, 0.15) is 34.1 Å². The number of aromatic nitrogens is 3. The third-order valence-corrected chi connectivity index (χ3v) is 6.03. The van der Waals surface area contributed by atoms with Crippen molar-refractivity contribution in [3.05, 3.63) is 65.1 Å². The van der Waals surface area contributed by atoms with Gasteiger partial charge < -0.3 is 16.4 Å². The third kappa shape index (κ3) is 6.79. The van der Waals surface area contributed by atoms with Gasteiger partial charge in [0.25, 0.3) is 0 Å². The predicted octanol–water partition coefficient (Wildman–Crippen LogP) is 3.42. The average Bonchev–Trinajstić information content (AvgIpc) is 2.78. The normalized spacial score (nSPS) is 11.7. The van der Waals surface area contributed by atoms with Gasteiger partial charge in [-0.1, -0.05) is 0 Å². The maximum absolute atomic E-state index is 13.6. The number of halogens is 3. The summed E-state index contributed by atoms with van der Waals surface area (Å²) in [5.74, 6) is -1.46. The van der Waals surface area contributed by atoms with Gasteiger partial charge in [0.15, 0.2) is 0 Å². The van der Waals surface area contributed by atoms with Crippen molar-refractivity contribution in [3.63, 3.8) is 0 Å². The van der Waals surface area contributed by atoms with E-state index in [1.165, 1.54) is 43.5 Å². The lowest BCUT2D eigenvalue weighted by atomic mass is 10.2. The van der Waals surface area contributed by atoms with Gasteiger partial charge in [0.2, 0.25) is 21.9 Å². The fourth-order valence-electron chi connectivity index (χ4n) is 2.87. The zero-order chi connectivity index (χ0) is 25.8. The lowest BCUT2D eigenvalue weighted by molar-refractivity contribution is -0.137. The summed E-state index contributed by atoms with van der Waals surface area (Å²) in [4.78, 5) is 23.0. The van der Waals surface area contributed by atoms with Crippen LogP contribution in [-0.4, -0.2) is 35.0 Å². The van der Waals surface area contributed by atoms with Crippen molar-refractivity contribution in [1.82, 2.24) is 15.0 Å². The third-order valence-electron chi connectivity index (χ3n) is 4.73. The second kappa shape index (κ2) is 10.1. The zero-order valence-electron chi connectivity index (χ0n) is 18.6. The fraction of sp³-hybridized carbons (Fsp3) is 0.238. The molecule has 0 aliphatic rings. The molecule has 35 heavy (non-hydrogen) atoms. The monoisotopic (exact) mass is 509 g/mol. The summed E-state index contributed by atoms with van der Waals surface area (Å²) in [6.45, 7) is 2.91. The molecule has 3 aromatic rings. The molecule has 2 heterocycles. The Bertz CT molecular complexity index is 1330. The minimum absolute atomic E-state index is 0.138. The number of hydrogen-bond donors (Lipinski definition) is 4. The van der Waals surface area contributed by atoms with Gasteiger partial charge in [-0.15, -0.1) is 0 Å². The number of nitrogens with one attached hydrogen (secondary N) is 3. The van der Waals surface area contributed by atoms with Gasteiger partial charge >= 0.3 is 6.18 Å². The molecule has 10 nitrogen and oxygen atoms in total. The highest BCUT2D eigenvalue weighted by Crippen LogP contribution is 2.34. The Balaban J connectivity index is 1.89. The van der Waals surface area contributed by atoms with Gasteiger partial charge in [0, 0.05) is 41.4 Å². The smallest absolute Gasteiger partial charge is 0.366 e. The number of primary amides is 1. The number of nitrogens with two attached hydrogens (primary N) is 1. The van der Waals surface area contributed by atoms with Gasteiger partial charge in [-0.25, -0.2) is 13.4 Å². The molecular formula is C21H22F3N7O3S. The van der Waals surface area contributed by atoms with Crippen LogP contribution in [0.4, 0.5) is 36.3 Å². The van der Waals surface area contributed by atoms with Crippen molar-refractivity contribution in [3.8, 4) is 0 Å². The molecule has 186 valence electrons. The molecule has 0 saturated heterocycles. The van der Waals surface area contributed by atoms with E-state index in [0.29, 0.717) is 23.1 Å². The zero-order valence-corrected chi connectivity index (χ0v) is 19.5. The number of anilines is 4. The van der Waals surface area contributed by atoms with E-state index >= 15 is 0 Å². The summed E-state index contributed by atoms with van der Waals surface area (Å²) in [5.41, 5.74) is 5.79. The highest BCUT2D eigenvalue weighted by molar-refractivity contribution is 7.92. The van der Waals surface area contributed by atoms with Crippen molar-refractivity contribution >= 4 is 39.1 Å². The van der Waals surface area contributed by atoms with Gasteiger partial charge in [-0.3, -0.25) is 14.5 Å². The van der Waals surface area contributed by atoms with Crippen molar-refractivity contribution in [2.24, 2.45) is 5.73 Å². The first kappa shape index (κ1) is 25.7. The number of sulfonamides is 1. The maximum atomic E-state index is 13.6. The minimum Gasteiger partial charge on any atom is -0.366 e.